The van der Waals surface area contributed by atoms with Crippen LogP contribution >= 0.6 is 0 Å². The Morgan fingerprint density at radius 1 is 1.10 bits per heavy atom. The van der Waals surface area contributed by atoms with E-state index >= 15 is 0 Å². The van der Waals surface area contributed by atoms with E-state index < -0.39 is 0 Å². The van der Waals surface area contributed by atoms with E-state index in [9.17, 15) is 0 Å². The van der Waals surface area contributed by atoms with Gasteiger partial charge >= 0.3 is 0 Å². The average molecular weight is 270 g/mol. The third-order valence-electron chi connectivity index (χ3n) is 5.34. The van der Waals surface area contributed by atoms with E-state index in [1.165, 1.54) is 44.7 Å². The van der Waals surface area contributed by atoms with Crippen LogP contribution in [-0.2, 0) is 0 Å². The fourth-order valence-corrected chi connectivity index (χ4v) is 4.28. The predicted molar refractivity (Wildman–Crippen MR) is 84.6 cm³/mol. The molecule has 108 valence electrons. The van der Waals surface area contributed by atoms with Gasteiger partial charge in [0.15, 0.2) is 0 Å². The molecule has 2 nitrogen and oxygen atoms in total. The molecule has 1 aliphatic carbocycles. The molecular formula is C18H26N2. The lowest BCUT2D eigenvalue weighted by atomic mass is 9.73. The van der Waals surface area contributed by atoms with Gasteiger partial charge in [-0.1, -0.05) is 19.9 Å². The monoisotopic (exact) mass is 270 g/mol. The first-order chi connectivity index (χ1) is 9.56. The Balaban J connectivity index is 1.53. The van der Waals surface area contributed by atoms with Crippen molar-refractivity contribution in [3.8, 4) is 0 Å². The van der Waals surface area contributed by atoms with Crippen molar-refractivity contribution in [3.63, 3.8) is 0 Å². The smallest absolute Gasteiger partial charge is 0.0369 e. The van der Waals surface area contributed by atoms with Gasteiger partial charge in [-0.05, 0) is 55.0 Å². The third-order valence-corrected chi connectivity index (χ3v) is 5.34. The fourth-order valence-electron chi connectivity index (χ4n) is 4.28. The van der Waals surface area contributed by atoms with Gasteiger partial charge in [0.2, 0.25) is 0 Å². The van der Waals surface area contributed by atoms with Crippen molar-refractivity contribution in [2.24, 2.45) is 5.41 Å². The van der Waals surface area contributed by atoms with Crippen molar-refractivity contribution in [1.29, 1.82) is 0 Å². The highest BCUT2D eigenvalue weighted by Crippen LogP contribution is 2.46. The number of likely N-dealkylation sites (tertiary alicyclic amines) is 1. The summed E-state index contributed by atoms with van der Waals surface area (Å²) in [5.74, 6) is 1.51. The van der Waals surface area contributed by atoms with Gasteiger partial charge in [-0.25, -0.2) is 0 Å². The first-order valence-electron chi connectivity index (χ1n) is 8.14. The number of hydrogen-bond acceptors (Lipinski definition) is 2. The van der Waals surface area contributed by atoms with E-state index in [-0.39, 0.29) is 0 Å². The number of benzene rings is 1. The van der Waals surface area contributed by atoms with Gasteiger partial charge in [0.1, 0.15) is 0 Å². The summed E-state index contributed by atoms with van der Waals surface area (Å²) in [5, 5.41) is 0. The van der Waals surface area contributed by atoms with E-state index in [0.717, 1.165) is 5.92 Å². The molecule has 3 aliphatic rings. The lowest BCUT2D eigenvalue weighted by Gasteiger charge is -2.60. The lowest BCUT2D eigenvalue weighted by molar-refractivity contribution is -0.00239. The highest BCUT2D eigenvalue weighted by Gasteiger charge is 2.50. The molecule has 1 aromatic rings. The van der Waals surface area contributed by atoms with Crippen LogP contribution in [0.3, 0.4) is 0 Å². The topological polar surface area (TPSA) is 6.48 Å². The van der Waals surface area contributed by atoms with E-state index in [0.29, 0.717) is 11.3 Å². The summed E-state index contributed by atoms with van der Waals surface area (Å²) in [6.07, 6.45) is 2.80. The van der Waals surface area contributed by atoms with Crippen molar-refractivity contribution in [1.82, 2.24) is 4.90 Å². The molecule has 0 bridgehead atoms. The zero-order valence-corrected chi connectivity index (χ0v) is 13.0. The van der Waals surface area contributed by atoms with Crippen LogP contribution in [-0.4, -0.2) is 38.1 Å². The SMILES string of the molecule is CC(C)c1ccc(N2CC3(CN(C)C3)C2)cc1C1CC1. The normalized spacial score (nSPS) is 24.9. The van der Waals surface area contributed by atoms with Crippen LogP contribution in [0.1, 0.15) is 49.7 Å². The summed E-state index contributed by atoms with van der Waals surface area (Å²) in [6.45, 7) is 9.77. The van der Waals surface area contributed by atoms with Crippen LogP contribution in [0.5, 0.6) is 0 Å². The zero-order valence-electron chi connectivity index (χ0n) is 13.0. The lowest BCUT2D eigenvalue weighted by Crippen LogP contribution is -2.71. The molecule has 0 aromatic heterocycles. The van der Waals surface area contributed by atoms with Crippen LogP contribution < -0.4 is 4.90 Å². The molecule has 4 rings (SSSR count). The Kier molecular flexibility index (Phi) is 2.69. The molecule has 2 aliphatic heterocycles. The number of hydrogen-bond donors (Lipinski definition) is 0. The first-order valence-corrected chi connectivity index (χ1v) is 8.14. The highest BCUT2D eigenvalue weighted by atomic mass is 15.3. The van der Waals surface area contributed by atoms with Crippen LogP contribution in [0.15, 0.2) is 18.2 Å². The Hall–Kier alpha value is -1.02. The summed E-state index contributed by atoms with van der Waals surface area (Å²) < 4.78 is 0. The van der Waals surface area contributed by atoms with Crippen LogP contribution in [0.2, 0.25) is 0 Å². The van der Waals surface area contributed by atoms with E-state index in [2.05, 4.69) is 48.9 Å². The molecule has 20 heavy (non-hydrogen) atoms. The Morgan fingerprint density at radius 3 is 2.35 bits per heavy atom. The second-order valence-electron chi connectivity index (χ2n) is 7.77. The van der Waals surface area contributed by atoms with Crippen molar-refractivity contribution in [2.45, 2.75) is 38.5 Å². The molecule has 1 spiro atoms. The minimum absolute atomic E-state index is 0.630. The molecule has 0 radical (unpaired) electrons. The maximum absolute atomic E-state index is 2.59. The largest absolute Gasteiger partial charge is 0.370 e. The van der Waals surface area contributed by atoms with Crippen molar-refractivity contribution < 1.29 is 0 Å². The van der Waals surface area contributed by atoms with Crippen molar-refractivity contribution in [3.05, 3.63) is 29.3 Å². The van der Waals surface area contributed by atoms with E-state index in [1.54, 1.807) is 11.1 Å². The number of rotatable bonds is 3. The summed E-state index contributed by atoms with van der Waals surface area (Å²) in [5.41, 5.74) is 5.32. The first kappa shape index (κ1) is 12.7. The molecule has 0 unspecified atom stereocenters. The van der Waals surface area contributed by atoms with E-state index in [4.69, 9.17) is 0 Å². The van der Waals surface area contributed by atoms with Crippen LogP contribution in [0, 0.1) is 5.41 Å². The third kappa shape index (κ3) is 1.96. The quantitative estimate of drug-likeness (QED) is 0.830. The summed E-state index contributed by atoms with van der Waals surface area (Å²) in [4.78, 5) is 5.03. The highest BCUT2D eigenvalue weighted by molar-refractivity contribution is 5.56. The van der Waals surface area contributed by atoms with Crippen molar-refractivity contribution in [2.75, 3.05) is 38.1 Å². The number of anilines is 1. The van der Waals surface area contributed by atoms with Gasteiger partial charge in [-0.2, -0.15) is 0 Å². The predicted octanol–water partition coefficient (Wildman–Crippen LogP) is 3.44. The minimum Gasteiger partial charge on any atom is -0.370 e. The molecule has 2 heterocycles. The second kappa shape index (κ2) is 4.24. The van der Waals surface area contributed by atoms with Gasteiger partial charge < -0.3 is 9.80 Å². The molecule has 2 saturated heterocycles. The Labute approximate surface area is 122 Å². The standard InChI is InChI=1S/C18H26N2/c1-13(2)16-7-6-15(8-17(16)14-4-5-14)20-11-18(12-20)9-19(3)10-18/h6-8,13-14H,4-5,9-12H2,1-3H3. The van der Waals surface area contributed by atoms with Gasteiger partial charge in [0.05, 0.1) is 0 Å². The van der Waals surface area contributed by atoms with Gasteiger partial charge in [-0.3, -0.25) is 0 Å². The molecule has 1 saturated carbocycles. The molecule has 0 atom stereocenters. The fraction of sp³-hybridized carbons (Fsp3) is 0.667. The van der Waals surface area contributed by atoms with Gasteiger partial charge in [0, 0.05) is 37.3 Å². The second-order valence-corrected chi connectivity index (χ2v) is 7.77. The Bertz CT molecular complexity index is 516. The van der Waals surface area contributed by atoms with Crippen molar-refractivity contribution >= 4 is 5.69 Å². The van der Waals surface area contributed by atoms with Gasteiger partial charge in [0.25, 0.3) is 0 Å². The molecular weight excluding hydrogens is 244 g/mol. The maximum atomic E-state index is 2.59. The Morgan fingerprint density at radius 2 is 1.80 bits per heavy atom. The summed E-state index contributed by atoms with van der Waals surface area (Å²) in [7, 11) is 2.23. The van der Waals surface area contributed by atoms with E-state index in [1.807, 2.05) is 0 Å². The van der Waals surface area contributed by atoms with Crippen LogP contribution in [0.25, 0.3) is 0 Å². The van der Waals surface area contributed by atoms with Crippen LogP contribution in [0.4, 0.5) is 5.69 Å². The molecule has 0 amide bonds. The zero-order chi connectivity index (χ0) is 13.9. The van der Waals surface area contributed by atoms with Gasteiger partial charge in [-0.15, -0.1) is 0 Å². The maximum Gasteiger partial charge on any atom is 0.0369 e. The molecule has 1 aromatic carbocycles. The number of nitrogens with zero attached hydrogens (tertiary/aromatic N) is 2. The molecule has 2 heteroatoms. The molecule has 3 fully saturated rings. The summed E-state index contributed by atoms with van der Waals surface area (Å²) in [6, 6.07) is 7.25. The average Bonchev–Trinajstić information content (AvgIpc) is 3.15. The minimum atomic E-state index is 0.630. The molecule has 0 N–H and O–H groups in total. The summed E-state index contributed by atoms with van der Waals surface area (Å²) >= 11 is 0.